The van der Waals surface area contributed by atoms with Gasteiger partial charge in [-0.05, 0) is 24.2 Å². The Balaban J connectivity index is 1.80. The summed E-state index contributed by atoms with van der Waals surface area (Å²) in [5.41, 5.74) is 1.72. The second-order valence-electron chi connectivity index (χ2n) is 4.42. The third kappa shape index (κ3) is 1.59. The molecule has 1 spiro atoms. The predicted molar refractivity (Wildman–Crippen MR) is 58.9 cm³/mol. The van der Waals surface area contributed by atoms with Crippen molar-refractivity contribution in [2.75, 3.05) is 13.1 Å². The number of hydrogen-bond donors (Lipinski definition) is 1. The van der Waals surface area contributed by atoms with Crippen molar-refractivity contribution in [3.05, 3.63) is 35.6 Å². The molecular weight excluding hydrogens is 207 g/mol. The van der Waals surface area contributed by atoms with Crippen molar-refractivity contribution in [2.45, 2.75) is 18.4 Å². The number of hydrogen-bond acceptors (Lipinski definition) is 3. The molecule has 84 valence electrons. The molecule has 3 nitrogen and oxygen atoms in total. The van der Waals surface area contributed by atoms with Gasteiger partial charge in [-0.25, -0.2) is 4.39 Å². The summed E-state index contributed by atoms with van der Waals surface area (Å²) in [6.07, 6.45) is 1.80. The Bertz CT molecular complexity index is 421. The fourth-order valence-electron chi connectivity index (χ4n) is 2.27. The van der Waals surface area contributed by atoms with E-state index in [4.69, 9.17) is 4.84 Å². The maximum absolute atomic E-state index is 12.8. The molecule has 1 aromatic carbocycles. The third-order valence-corrected chi connectivity index (χ3v) is 3.22. The largest absolute Gasteiger partial charge is 0.387 e. The van der Waals surface area contributed by atoms with Crippen molar-refractivity contribution in [1.82, 2.24) is 5.32 Å². The molecule has 1 N–H and O–H groups in total. The highest BCUT2D eigenvalue weighted by atomic mass is 19.1. The SMILES string of the molecule is Fc1ccc(C2=NOC3(CCNC3)C2)cc1. The van der Waals surface area contributed by atoms with Gasteiger partial charge in [0.2, 0.25) is 0 Å². The Morgan fingerprint density at radius 3 is 2.81 bits per heavy atom. The van der Waals surface area contributed by atoms with Crippen molar-refractivity contribution in [1.29, 1.82) is 0 Å². The van der Waals surface area contributed by atoms with E-state index in [1.807, 2.05) is 0 Å². The lowest BCUT2D eigenvalue weighted by molar-refractivity contribution is -0.00190. The molecule has 0 aromatic heterocycles. The average molecular weight is 220 g/mol. The van der Waals surface area contributed by atoms with Crippen LogP contribution in [0.3, 0.4) is 0 Å². The van der Waals surface area contributed by atoms with E-state index >= 15 is 0 Å². The third-order valence-electron chi connectivity index (χ3n) is 3.22. The van der Waals surface area contributed by atoms with Crippen LogP contribution in [0.5, 0.6) is 0 Å². The summed E-state index contributed by atoms with van der Waals surface area (Å²) in [5, 5.41) is 7.40. The first-order valence-corrected chi connectivity index (χ1v) is 5.49. The topological polar surface area (TPSA) is 33.6 Å². The normalized spacial score (nSPS) is 28.2. The number of nitrogens with one attached hydrogen (secondary N) is 1. The number of rotatable bonds is 1. The van der Waals surface area contributed by atoms with E-state index in [1.54, 1.807) is 12.1 Å². The fourth-order valence-corrected chi connectivity index (χ4v) is 2.27. The van der Waals surface area contributed by atoms with E-state index < -0.39 is 0 Å². The molecule has 1 saturated heterocycles. The summed E-state index contributed by atoms with van der Waals surface area (Å²) < 4.78 is 12.8. The number of halogens is 1. The lowest BCUT2D eigenvalue weighted by atomic mass is 9.93. The zero-order chi connectivity index (χ0) is 11.0. The number of benzene rings is 1. The minimum absolute atomic E-state index is 0.149. The summed E-state index contributed by atoms with van der Waals surface area (Å²) in [6, 6.07) is 6.41. The van der Waals surface area contributed by atoms with Gasteiger partial charge in [0.1, 0.15) is 5.82 Å². The van der Waals surface area contributed by atoms with E-state index in [0.29, 0.717) is 0 Å². The molecule has 1 fully saturated rings. The second-order valence-corrected chi connectivity index (χ2v) is 4.42. The molecule has 0 radical (unpaired) electrons. The van der Waals surface area contributed by atoms with Crippen molar-refractivity contribution >= 4 is 5.71 Å². The number of oxime groups is 1. The summed E-state index contributed by atoms with van der Waals surface area (Å²) in [6.45, 7) is 1.83. The Kier molecular flexibility index (Phi) is 2.17. The fraction of sp³-hybridized carbons (Fsp3) is 0.417. The lowest BCUT2D eigenvalue weighted by Gasteiger charge is -2.18. The first kappa shape index (κ1) is 9.78. The zero-order valence-electron chi connectivity index (χ0n) is 8.87. The van der Waals surface area contributed by atoms with Crippen LogP contribution in [0.1, 0.15) is 18.4 Å². The molecule has 0 amide bonds. The molecule has 1 atom stereocenters. The zero-order valence-corrected chi connectivity index (χ0v) is 8.87. The van der Waals surface area contributed by atoms with Gasteiger partial charge in [-0.15, -0.1) is 0 Å². The molecule has 4 heteroatoms. The molecule has 2 aliphatic rings. The molecule has 0 aliphatic carbocycles. The quantitative estimate of drug-likeness (QED) is 0.781. The minimum Gasteiger partial charge on any atom is -0.387 e. The van der Waals surface area contributed by atoms with Crippen LogP contribution in [0.15, 0.2) is 29.4 Å². The first-order chi connectivity index (χ1) is 7.77. The summed E-state index contributed by atoms with van der Waals surface area (Å²) in [4.78, 5) is 5.53. The van der Waals surface area contributed by atoms with E-state index in [9.17, 15) is 4.39 Å². The highest BCUT2D eigenvalue weighted by Crippen LogP contribution is 2.31. The molecular formula is C12H13FN2O. The maximum atomic E-state index is 12.8. The van der Waals surface area contributed by atoms with Gasteiger partial charge in [-0.1, -0.05) is 17.3 Å². The van der Waals surface area contributed by atoms with E-state index in [1.165, 1.54) is 12.1 Å². The highest BCUT2D eigenvalue weighted by Gasteiger charge is 2.41. The molecule has 3 rings (SSSR count). The van der Waals surface area contributed by atoms with Crippen molar-refractivity contribution < 1.29 is 9.23 Å². The molecule has 0 bridgehead atoms. The second kappa shape index (κ2) is 3.56. The standard InChI is InChI=1S/C12H13FN2O/c13-10-3-1-9(2-4-10)11-7-12(16-15-11)5-6-14-8-12/h1-4,14H,5-8H2. The molecule has 0 saturated carbocycles. The van der Waals surface area contributed by atoms with Crippen LogP contribution >= 0.6 is 0 Å². The van der Waals surface area contributed by atoms with Gasteiger partial charge in [0.05, 0.1) is 5.71 Å². The molecule has 2 heterocycles. The van der Waals surface area contributed by atoms with Crippen LogP contribution in [-0.4, -0.2) is 24.4 Å². The first-order valence-electron chi connectivity index (χ1n) is 5.49. The van der Waals surface area contributed by atoms with Crippen LogP contribution < -0.4 is 5.32 Å². The Morgan fingerprint density at radius 2 is 2.12 bits per heavy atom. The van der Waals surface area contributed by atoms with Crippen molar-refractivity contribution in [3.63, 3.8) is 0 Å². The van der Waals surface area contributed by atoms with Gasteiger partial charge < -0.3 is 10.2 Å². The minimum atomic E-state index is -0.222. The van der Waals surface area contributed by atoms with Crippen molar-refractivity contribution in [3.8, 4) is 0 Å². The molecule has 1 aromatic rings. The van der Waals surface area contributed by atoms with Crippen LogP contribution in [0.4, 0.5) is 4.39 Å². The van der Waals surface area contributed by atoms with E-state index in [0.717, 1.165) is 37.2 Å². The Labute approximate surface area is 93.3 Å². The molecule has 16 heavy (non-hydrogen) atoms. The molecule has 1 unspecified atom stereocenters. The van der Waals surface area contributed by atoms with Gasteiger partial charge in [-0.2, -0.15) is 0 Å². The smallest absolute Gasteiger partial charge is 0.156 e. The van der Waals surface area contributed by atoms with Gasteiger partial charge in [0.15, 0.2) is 5.60 Å². The van der Waals surface area contributed by atoms with E-state index in [2.05, 4.69) is 10.5 Å². The van der Waals surface area contributed by atoms with Crippen LogP contribution in [0, 0.1) is 5.82 Å². The average Bonchev–Trinajstić information content (AvgIpc) is 2.91. The van der Waals surface area contributed by atoms with Gasteiger partial charge in [0.25, 0.3) is 0 Å². The molecule has 2 aliphatic heterocycles. The predicted octanol–water partition coefficient (Wildman–Crippen LogP) is 1.68. The summed E-state index contributed by atoms with van der Waals surface area (Å²) in [7, 11) is 0. The van der Waals surface area contributed by atoms with E-state index in [-0.39, 0.29) is 11.4 Å². The number of nitrogens with zero attached hydrogens (tertiary/aromatic N) is 1. The summed E-state index contributed by atoms with van der Waals surface area (Å²) >= 11 is 0. The van der Waals surface area contributed by atoms with Crippen molar-refractivity contribution in [2.24, 2.45) is 5.16 Å². The monoisotopic (exact) mass is 220 g/mol. The lowest BCUT2D eigenvalue weighted by Crippen LogP contribution is -2.31. The maximum Gasteiger partial charge on any atom is 0.156 e. The van der Waals surface area contributed by atoms with Crippen LogP contribution in [-0.2, 0) is 4.84 Å². The highest BCUT2D eigenvalue weighted by molar-refractivity contribution is 6.01. The Morgan fingerprint density at radius 1 is 1.31 bits per heavy atom. The van der Waals surface area contributed by atoms with Gasteiger partial charge >= 0.3 is 0 Å². The van der Waals surface area contributed by atoms with Crippen LogP contribution in [0.25, 0.3) is 0 Å². The van der Waals surface area contributed by atoms with Gasteiger partial charge in [-0.3, -0.25) is 0 Å². The Hall–Kier alpha value is -1.42. The summed E-state index contributed by atoms with van der Waals surface area (Å²) in [5.74, 6) is -0.222. The van der Waals surface area contributed by atoms with Gasteiger partial charge in [0, 0.05) is 19.4 Å². The van der Waals surface area contributed by atoms with Crippen LogP contribution in [0.2, 0.25) is 0 Å².